The molecule has 80 heavy (non-hydrogen) atoms. The van der Waals surface area contributed by atoms with E-state index in [-0.39, 0.29) is 51.6 Å². The Morgan fingerprint density at radius 3 is 1.68 bits per heavy atom. The fraction of sp³-hybridized carbons (Fsp3) is 0.581. The summed E-state index contributed by atoms with van der Waals surface area (Å²) in [5.41, 5.74) is 9.05. The number of aliphatic hydroxyl groups is 2. The van der Waals surface area contributed by atoms with Crippen LogP contribution < -0.4 is 48.7 Å². The summed E-state index contributed by atoms with van der Waals surface area (Å²) >= 11 is 0. The van der Waals surface area contributed by atoms with Gasteiger partial charge in [0.15, 0.2) is 6.04 Å². The Morgan fingerprint density at radius 1 is 0.675 bits per heavy atom. The number of hydrogen-bond donors (Lipinski definition) is 17. The molecule has 446 valence electrons. The van der Waals surface area contributed by atoms with E-state index in [9.17, 15) is 107 Å². The molecule has 1 aromatic rings. The number of nitrogens with zero attached hydrogens (tertiary/aromatic N) is 2. The van der Waals surface area contributed by atoms with E-state index in [1.165, 1.54) is 6.92 Å². The molecule has 3 rings (SSSR count). The number of quaternary nitrogens is 1. The number of nitrogens with one attached hydrogen (secondary N) is 7. The van der Waals surface area contributed by atoms with Crippen LogP contribution in [0, 0.1) is 0 Å². The molecular formula is C43H66N11O24P2+. The van der Waals surface area contributed by atoms with Crippen LogP contribution in [0.25, 0.3) is 0 Å². The molecule has 0 bridgehead atoms. The van der Waals surface area contributed by atoms with Gasteiger partial charge in [0, 0.05) is 25.9 Å². The first kappa shape index (κ1) is 67.2. The second-order valence-electron chi connectivity index (χ2n) is 18.3. The minimum atomic E-state index is -5.40. The zero-order valence-electron chi connectivity index (χ0n) is 42.7. The van der Waals surface area contributed by atoms with E-state index < -0.39 is 186 Å². The summed E-state index contributed by atoms with van der Waals surface area (Å²) in [5.74, 6) is -14.5. The van der Waals surface area contributed by atoms with E-state index in [0.29, 0.717) is 5.56 Å². The van der Waals surface area contributed by atoms with Crippen LogP contribution in [0.5, 0.6) is 0 Å². The second kappa shape index (κ2) is 31.1. The molecule has 0 aromatic heterocycles. The lowest BCUT2D eigenvalue weighted by Crippen LogP contribution is -2.73. The summed E-state index contributed by atoms with van der Waals surface area (Å²) in [6, 6.07) is -7.29. The van der Waals surface area contributed by atoms with E-state index in [0.717, 1.165) is 9.80 Å². The molecule has 0 radical (unpaired) electrons. The number of aliphatic hydroxyl groups excluding tert-OH is 2. The molecule has 37 heteroatoms. The maximum absolute atomic E-state index is 14.1. The van der Waals surface area contributed by atoms with Crippen LogP contribution in [-0.4, -0.2) is 221 Å². The fourth-order valence-electron chi connectivity index (χ4n) is 7.99. The topological polar surface area (TPSA) is 564 Å². The first-order chi connectivity index (χ1) is 37.3. The highest BCUT2D eigenvalue weighted by Gasteiger charge is 2.43. The van der Waals surface area contributed by atoms with Gasteiger partial charge in [-0.15, -0.1) is 0 Å². The van der Waals surface area contributed by atoms with Gasteiger partial charge < -0.3 is 98.5 Å². The van der Waals surface area contributed by atoms with Crippen LogP contribution in [0.2, 0.25) is 0 Å². The minimum Gasteiger partial charge on any atom is -0.481 e. The number of benzene rings is 1. The number of hydrogen-bond acceptors (Lipinski definition) is 18. The van der Waals surface area contributed by atoms with E-state index >= 15 is 0 Å². The average Bonchev–Trinajstić information content (AvgIpc) is 4.08. The van der Waals surface area contributed by atoms with Crippen LogP contribution in [0.15, 0.2) is 30.3 Å². The van der Waals surface area contributed by atoms with Crippen molar-refractivity contribution in [2.24, 2.45) is 5.73 Å². The van der Waals surface area contributed by atoms with Crippen molar-refractivity contribution >= 4 is 86.7 Å². The highest BCUT2D eigenvalue weighted by atomic mass is 31.2. The Morgan fingerprint density at radius 2 is 1.16 bits per heavy atom. The van der Waals surface area contributed by atoms with Gasteiger partial charge in [-0.05, 0) is 44.6 Å². The summed E-state index contributed by atoms with van der Waals surface area (Å²) in [6.07, 6.45) is -3.47. The van der Waals surface area contributed by atoms with Crippen LogP contribution in [0.1, 0.15) is 57.4 Å². The predicted octanol–water partition coefficient (Wildman–Crippen LogP) is -8.74. The van der Waals surface area contributed by atoms with Crippen LogP contribution in [-0.2, 0) is 82.1 Å². The zero-order chi connectivity index (χ0) is 60.2. The highest BCUT2D eigenvalue weighted by molar-refractivity contribution is 7.46. The molecule has 0 spiro atoms. The first-order valence-corrected chi connectivity index (χ1v) is 27.4. The molecule has 2 aliphatic heterocycles. The smallest absolute Gasteiger partial charge is 0.469 e. The average molecular weight is 1180 g/mol. The Kier molecular flexibility index (Phi) is 26.1. The van der Waals surface area contributed by atoms with Crippen molar-refractivity contribution in [1.82, 2.24) is 47.0 Å². The summed E-state index contributed by atoms with van der Waals surface area (Å²) < 4.78 is 32.2. The normalized spacial score (nSPS) is 18.4. The number of nitrogens with two attached hydrogens (primary N) is 1. The predicted molar refractivity (Wildman–Crippen MR) is 264 cm³/mol. The number of carboxylic acids is 2. The maximum Gasteiger partial charge on any atom is 0.469 e. The van der Waals surface area contributed by atoms with Gasteiger partial charge in [0.25, 0.3) is 5.91 Å². The molecule has 2 fully saturated rings. The van der Waals surface area contributed by atoms with Gasteiger partial charge in [0.1, 0.15) is 54.4 Å². The highest BCUT2D eigenvalue weighted by Crippen LogP contribution is 2.36. The van der Waals surface area contributed by atoms with Crippen molar-refractivity contribution in [1.29, 1.82) is 0 Å². The standard InChI is InChI=1S/C43H65N11O24P2/c1-21(56)34(45)40(66)51-26(18-55)36(62)52-27(19-77-79(71,72)73)37(63)50-25(16-33(59)60)41(67)53-13-5-9-29(53)38(64)46-17-32(58)47-28(20-78-80(74,75)76)42(68)54-14-6-10-30(54)39(65)49-24(15-22-7-3-2-4-8-22)35(61)48-23(43(69)70)11-12-31(44)57/h2-4,7-8,21,23-30,34,55-56H,5-6,9-20,45H2,1H3,(H2,44,57)(H,46,64)(H,47,58)(H,48,61)(H,49,65)(H,50,63)(H,51,66)(H,52,62)(H,59,60)(H,69,70)(H2,71,72,73)(H2,74,75,76)/p+1/t21-,23+,24+,25+,26+,27+,28+,29+,30+,34+/m1/s1. The molecule has 35 nitrogen and oxygen atoms in total. The van der Waals surface area contributed by atoms with Crippen molar-refractivity contribution < 1.29 is 121 Å². The summed E-state index contributed by atoms with van der Waals surface area (Å²) in [5, 5.41) is 53.9. The van der Waals surface area contributed by atoms with Crippen LogP contribution in [0.4, 0.5) is 0 Å². The SMILES string of the molecule is C[C@@H](O)[C@H]([NH3+])C(=O)N[C@@H](CO)C(=O)N[C@@H](COP(=O)(O)O)C(=O)N[C@@H](CC(=O)O)C(=O)N1CCC[C@H]1C(=O)NCC(=O)N[C@@H](COP(=O)(O)O)C(=O)N1CCC[C@H]1C(=O)N[C@@H](Cc1ccccc1)C(=O)N[C@@H](CCC(N)=O)C(=O)O. The van der Waals surface area contributed by atoms with Crippen molar-refractivity contribution in [2.75, 3.05) is 39.5 Å². The van der Waals surface area contributed by atoms with E-state index in [4.69, 9.17) is 5.73 Å². The summed E-state index contributed by atoms with van der Waals surface area (Å²) in [6.45, 7) is -3.93. The molecule has 0 unspecified atom stereocenters. The quantitative estimate of drug-likeness (QED) is 0.0298. The van der Waals surface area contributed by atoms with Gasteiger partial charge in [0.2, 0.25) is 53.2 Å². The van der Waals surface area contributed by atoms with E-state index in [1.54, 1.807) is 30.3 Å². The van der Waals surface area contributed by atoms with Gasteiger partial charge in [-0.2, -0.15) is 0 Å². The third kappa shape index (κ3) is 22.2. The Balaban J connectivity index is 1.78. The van der Waals surface area contributed by atoms with Crippen molar-refractivity contribution in [2.45, 2.75) is 119 Å². The second-order valence-corrected chi connectivity index (χ2v) is 20.7. The number of carbonyl (C=O) groups excluding carboxylic acids is 10. The molecule has 20 N–H and O–H groups in total. The zero-order valence-corrected chi connectivity index (χ0v) is 44.5. The Bertz CT molecular complexity index is 2530. The van der Waals surface area contributed by atoms with Crippen molar-refractivity contribution in [3.8, 4) is 0 Å². The number of carboxylic acid groups (broad SMARTS) is 2. The largest absolute Gasteiger partial charge is 0.481 e. The number of carbonyl (C=O) groups is 12. The van der Waals surface area contributed by atoms with Crippen molar-refractivity contribution in [3.63, 3.8) is 0 Å². The molecule has 2 aliphatic rings. The van der Waals surface area contributed by atoms with E-state index in [1.807, 2.05) is 16.0 Å². The number of phosphoric ester groups is 2. The van der Waals surface area contributed by atoms with Gasteiger partial charge in [-0.25, -0.2) is 13.9 Å². The van der Waals surface area contributed by atoms with Gasteiger partial charge in [-0.3, -0.25) is 61.8 Å². The molecular weight excluding hydrogens is 1120 g/mol. The van der Waals surface area contributed by atoms with E-state index in [2.05, 4.69) is 36.0 Å². The lowest BCUT2D eigenvalue weighted by molar-refractivity contribution is -0.419. The first-order valence-electron chi connectivity index (χ1n) is 24.3. The Hall–Kier alpha value is -7.04. The number of amides is 10. The number of primary amides is 1. The Labute approximate surface area is 454 Å². The molecule has 2 heterocycles. The van der Waals surface area contributed by atoms with Gasteiger partial charge in [0.05, 0.1) is 32.8 Å². The third-order valence-electron chi connectivity index (χ3n) is 12.1. The van der Waals surface area contributed by atoms with Crippen molar-refractivity contribution in [3.05, 3.63) is 35.9 Å². The molecule has 2 saturated heterocycles. The molecule has 1 aromatic carbocycles. The summed E-state index contributed by atoms with van der Waals surface area (Å²) in [7, 11) is -10.8. The van der Waals surface area contributed by atoms with Gasteiger partial charge >= 0.3 is 27.6 Å². The molecule has 10 atom stereocenters. The lowest BCUT2D eigenvalue weighted by atomic mass is 10.0. The maximum atomic E-state index is 14.1. The van der Waals surface area contributed by atoms with Crippen LogP contribution in [0.3, 0.4) is 0 Å². The number of phosphoric acid groups is 2. The molecule has 10 amide bonds. The van der Waals surface area contributed by atoms with Gasteiger partial charge in [-0.1, -0.05) is 30.3 Å². The third-order valence-corrected chi connectivity index (χ3v) is 13.1. The summed E-state index contributed by atoms with van der Waals surface area (Å²) in [4.78, 5) is 196. The lowest BCUT2D eigenvalue weighted by Gasteiger charge is -2.30. The fourth-order valence-corrected chi connectivity index (χ4v) is 8.68. The number of rotatable bonds is 32. The molecule has 0 aliphatic carbocycles. The number of aliphatic carboxylic acids is 2. The number of likely N-dealkylation sites (tertiary alicyclic amines) is 2. The van der Waals surface area contributed by atoms with Crippen LogP contribution >= 0.6 is 15.6 Å². The monoisotopic (exact) mass is 1180 g/mol. The molecule has 0 saturated carbocycles. The minimum absolute atomic E-state index is 0.0463.